The van der Waals surface area contributed by atoms with Gasteiger partial charge < -0.3 is 5.73 Å². The maximum Gasteiger partial charge on any atom is 0.332 e. The van der Waals surface area contributed by atoms with Crippen molar-refractivity contribution in [1.29, 1.82) is 0 Å². The minimum atomic E-state index is -0.423. The largest absolute Gasteiger partial charge is 0.384 e. The molecule has 0 saturated carbocycles. The standard InChI is InChI=1S/C19H22N4O2S/c1-11(2)9-23-16(20)15(18(24)22(4)19(23)25)14-10-26-17(21-14)13-7-5-12(3)6-8-13/h5-8,10-11H,9,20H2,1-4H3. The van der Waals surface area contributed by atoms with Gasteiger partial charge in [0, 0.05) is 24.5 Å². The van der Waals surface area contributed by atoms with Crippen molar-refractivity contribution >= 4 is 17.2 Å². The van der Waals surface area contributed by atoms with Crippen molar-refractivity contribution < 1.29 is 0 Å². The Kier molecular flexibility index (Phi) is 4.82. The van der Waals surface area contributed by atoms with Gasteiger partial charge in [0.1, 0.15) is 16.4 Å². The molecule has 136 valence electrons. The van der Waals surface area contributed by atoms with Crippen molar-refractivity contribution in [2.75, 3.05) is 5.73 Å². The molecule has 0 fully saturated rings. The zero-order valence-electron chi connectivity index (χ0n) is 15.3. The van der Waals surface area contributed by atoms with Gasteiger partial charge in [0.2, 0.25) is 0 Å². The van der Waals surface area contributed by atoms with Crippen LogP contribution in [0.2, 0.25) is 0 Å². The molecule has 2 heterocycles. The van der Waals surface area contributed by atoms with Crippen LogP contribution >= 0.6 is 11.3 Å². The normalized spacial score (nSPS) is 11.3. The summed E-state index contributed by atoms with van der Waals surface area (Å²) >= 11 is 1.45. The third kappa shape index (κ3) is 3.22. The first kappa shape index (κ1) is 18.1. The first-order chi connectivity index (χ1) is 12.3. The van der Waals surface area contributed by atoms with E-state index in [1.54, 1.807) is 0 Å². The van der Waals surface area contributed by atoms with Crippen LogP contribution in [0.5, 0.6) is 0 Å². The number of thiazole rings is 1. The Hall–Kier alpha value is -2.67. The van der Waals surface area contributed by atoms with E-state index in [9.17, 15) is 9.59 Å². The fourth-order valence-corrected chi connectivity index (χ4v) is 3.60. The Labute approximate surface area is 155 Å². The van der Waals surface area contributed by atoms with E-state index < -0.39 is 11.2 Å². The summed E-state index contributed by atoms with van der Waals surface area (Å²) in [5, 5.41) is 2.62. The predicted octanol–water partition coefficient (Wildman–Crippen LogP) is 2.88. The third-order valence-electron chi connectivity index (χ3n) is 4.19. The zero-order valence-corrected chi connectivity index (χ0v) is 16.1. The van der Waals surface area contributed by atoms with E-state index in [-0.39, 0.29) is 17.3 Å². The van der Waals surface area contributed by atoms with Gasteiger partial charge in [0.05, 0.1) is 5.69 Å². The monoisotopic (exact) mass is 370 g/mol. The predicted molar refractivity (Wildman–Crippen MR) is 106 cm³/mol. The number of benzene rings is 1. The molecule has 0 bridgehead atoms. The lowest BCUT2D eigenvalue weighted by Gasteiger charge is -2.15. The smallest absolute Gasteiger partial charge is 0.332 e. The number of anilines is 1. The number of nitrogens with two attached hydrogens (primary N) is 1. The van der Waals surface area contributed by atoms with Crippen LogP contribution in [0.3, 0.4) is 0 Å². The Balaban J connectivity index is 2.16. The van der Waals surface area contributed by atoms with Crippen molar-refractivity contribution in [3.8, 4) is 21.8 Å². The molecular formula is C19H22N4O2S. The molecule has 6 nitrogen and oxygen atoms in total. The van der Waals surface area contributed by atoms with Gasteiger partial charge in [-0.1, -0.05) is 43.7 Å². The van der Waals surface area contributed by atoms with Crippen LogP contribution in [0, 0.1) is 12.8 Å². The lowest BCUT2D eigenvalue weighted by molar-refractivity contribution is 0.494. The highest BCUT2D eigenvalue weighted by molar-refractivity contribution is 7.13. The van der Waals surface area contributed by atoms with Crippen LogP contribution in [0.1, 0.15) is 19.4 Å². The van der Waals surface area contributed by atoms with Crippen LogP contribution in [0.15, 0.2) is 39.2 Å². The van der Waals surface area contributed by atoms with Gasteiger partial charge in [0.25, 0.3) is 5.56 Å². The number of nitrogen functional groups attached to an aromatic ring is 1. The summed E-state index contributed by atoms with van der Waals surface area (Å²) in [7, 11) is 1.47. The lowest BCUT2D eigenvalue weighted by atomic mass is 10.1. The molecule has 7 heteroatoms. The second-order valence-electron chi connectivity index (χ2n) is 6.82. The first-order valence-electron chi connectivity index (χ1n) is 8.41. The summed E-state index contributed by atoms with van der Waals surface area (Å²) in [5.74, 6) is 0.395. The van der Waals surface area contributed by atoms with E-state index in [1.807, 2.05) is 50.4 Å². The average Bonchev–Trinajstić information content (AvgIpc) is 3.07. The van der Waals surface area contributed by atoms with Crippen LogP contribution in [-0.2, 0) is 13.6 Å². The minimum absolute atomic E-state index is 0.174. The fourth-order valence-electron chi connectivity index (χ4n) is 2.78. The van der Waals surface area contributed by atoms with E-state index in [0.717, 1.165) is 15.1 Å². The summed E-state index contributed by atoms with van der Waals surface area (Å²) in [6.07, 6.45) is 0. The van der Waals surface area contributed by atoms with E-state index >= 15 is 0 Å². The number of hydrogen-bond donors (Lipinski definition) is 1. The van der Waals surface area contributed by atoms with Crippen LogP contribution in [-0.4, -0.2) is 14.1 Å². The summed E-state index contributed by atoms with van der Waals surface area (Å²) in [6.45, 7) is 6.46. The average molecular weight is 370 g/mol. The molecule has 0 saturated heterocycles. The van der Waals surface area contributed by atoms with E-state index in [2.05, 4.69) is 4.98 Å². The Morgan fingerprint density at radius 3 is 2.46 bits per heavy atom. The number of nitrogens with zero attached hydrogens (tertiary/aromatic N) is 3. The molecule has 3 aromatic rings. The molecular weight excluding hydrogens is 348 g/mol. The quantitative estimate of drug-likeness (QED) is 0.765. The highest BCUT2D eigenvalue weighted by Gasteiger charge is 2.20. The molecule has 0 aliphatic heterocycles. The molecule has 3 rings (SSSR count). The molecule has 2 aromatic heterocycles. The molecule has 2 N–H and O–H groups in total. The molecule has 0 spiro atoms. The Bertz CT molecular complexity index is 1060. The van der Waals surface area contributed by atoms with Crippen LogP contribution in [0.4, 0.5) is 5.82 Å². The zero-order chi connectivity index (χ0) is 19.0. The SMILES string of the molecule is Cc1ccc(-c2nc(-c3c(N)n(CC(C)C)c(=O)n(C)c3=O)cs2)cc1. The maximum atomic E-state index is 12.7. The van der Waals surface area contributed by atoms with E-state index in [4.69, 9.17) is 5.73 Å². The highest BCUT2D eigenvalue weighted by atomic mass is 32.1. The van der Waals surface area contributed by atoms with Gasteiger partial charge in [-0.3, -0.25) is 13.9 Å². The van der Waals surface area contributed by atoms with Gasteiger partial charge in [-0.05, 0) is 12.8 Å². The number of hydrogen-bond acceptors (Lipinski definition) is 5. The molecule has 0 atom stereocenters. The van der Waals surface area contributed by atoms with E-state index in [0.29, 0.717) is 12.2 Å². The summed E-state index contributed by atoms with van der Waals surface area (Å²) < 4.78 is 2.55. The second kappa shape index (κ2) is 6.92. The van der Waals surface area contributed by atoms with Gasteiger partial charge in [-0.25, -0.2) is 9.78 Å². The Morgan fingerprint density at radius 2 is 1.85 bits per heavy atom. The summed E-state index contributed by atoms with van der Waals surface area (Å²) in [4.78, 5) is 29.7. The van der Waals surface area contributed by atoms with Gasteiger partial charge >= 0.3 is 5.69 Å². The lowest BCUT2D eigenvalue weighted by Crippen LogP contribution is -2.41. The van der Waals surface area contributed by atoms with Crippen molar-refractivity contribution in [2.45, 2.75) is 27.3 Å². The molecule has 0 aliphatic carbocycles. The van der Waals surface area contributed by atoms with Crippen LogP contribution in [0.25, 0.3) is 21.8 Å². The number of rotatable bonds is 4. The van der Waals surface area contributed by atoms with E-state index in [1.165, 1.54) is 28.5 Å². The van der Waals surface area contributed by atoms with Gasteiger partial charge in [-0.15, -0.1) is 11.3 Å². The Morgan fingerprint density at radius 1 is 1.19 bits per heavy atom. The van der Waals surface area contributed by atoms with Gasteiger partial charge in [0.15, 0.2) is 0 Å². The molecule has 0 radical (unpaired) electrons. The molecule has 1 aromatic carbocycles. The van der Waals surface area contributed by atoms with Gasteiger partial charge in [-0.2, -0.15) is 0 Å². The second-order valence-corrected chi connectivity index (χ2v) is 7.67. The molecule has 0 amide bonds. The first-order valence-corrected chi connectivity index (χ1v) is 9.29. The number of aromatic nitrogens is 3. The van der Waals surface area contributed by atoms with Crippen molar-refractivity contribution in [2.24, 2.45) is 13.0 Å². The third-order valence-corrected chi connectivity index (χ3v) is 5.08. The van der Waals surface area contributed by atoms with Crippen molar-refractivity contribution in [1.82, 2.24) is 14.1 Å². The number of aryl methyl sites for hydroxylation is 1. The summed E-state index contributed by atoms with van der Waals surface area (Å²) in [6, 6.07) is 8.04. The van der Waals surface area contributed by atoms with Crippen molar-refractivity contribution in [3.05, 3.63) is 56.0 Å². The maximum absolute atomic E-state index is 12.7. The van der Waals surface area contributed by atoms with Crippen molar-refractivity contribution in [3.63, 3.8) is 0 Å². The molecule has 0 unspecified atom stereocenters. The topological polar surface area (TPSA) is 82.9 Å². The minimum Gasteiger partial charge on any atom is -0.384 e. The molecule has 26 heavy (non-hydrogen) atoms. The van der Waals surface area contributed by atoms with Crippen LogP contribution < -0.4 is 17.0 Å². The molecule has 0 aliphatic rings. The summed E-state index contributed by atoms with van der Waals surface area (Å²) in [5.41, 5.74) is 8.33. The highest BCUT2D eigenvalue weighted by Crippen LogP contribution is 2.29. The fraction of sp³-hybridized carbons (Fsp3) is 0.316.